The average molecular weight is 327 g/mol. The molecule has 0 radical (unpaired) electrons. The van der Waals surface area contributed by atoms with Gasteiger partial charge in [0.15, 0.2) is 0 Å². The fourth-order valence-electron chi connectivity index (χ4n) is 2.37. The summed E-state index contributed by atoms with van der Waals surface area (Å²) >= 11 is 3.22. The molecule has 1 saturated carbocycles. The van der Waals surface area contributed by atoms with Crippen molar-refractivity contribution in [3.8, 4) is 0 Å². The number of hydrogen-bond donors (Lipinski definition) is 1. The van der Waals surface area contributed by atoms with Crippen LogP contribution in [0.1, 0.15) is 36.2 Å². The van der Waals surface area contributed by atoms with E-state index in [1.54, 1.807) is 18.2 Å². The van der Waals surface area contributed by atoms with Gasteiger partial charge in [0.2, 0.25) is 0 Å². The summed E-state index contributed by atoms with van der Waals surface area (Å²) in [6, 6.07) is 5.08. The van der Waals surface area contributed by atoms with Crippen LogP contribution in [0.4, 0.5) is 0 Å². The molecular formula is C13H15BrN2O3. The van der Waals surface area contributed by atoms with E-state index in [4.69, 9.17) is 4.74 Å². The van der Waals surface area contributed by atoms with Crippen LogP contribution in [0.25, 0.3) is 0 Å². The highest BCUT2D eigenvalue weighted by Gasteiger charge is 2.43. The Morgan fingerprint density at radius 2 is 2.05 bits per heavy atom. The molecule has 1 aliphatic rings. The molecule has 102 valence electrons. The summed E-state index contributed by atoms with van der Waals surface area (Å²) in [6.07, 6.45) is 3.03. The predicted octanol–water partition coefficient (Wildman–Crippen LogP) is 2.06. The molecule has 0 unspecified atom stereocenters. The second-order valence-corrected chi connectivity index (χ2v) is 5.39. The van der Waals surface area contributed by atoms with Gasteiger partial charge >= 0.3 is 5.97 Å². The van der Waals surface area contributed by atoms with Gasteiger partial charge in [-0.25, -0.2) is 9.78 Å². The molecule has 1 N–H and O–H groups in total. The third-order valence-corrected chi connectivity index (χ3v) is 3.78. The number of halogens is 1. The van der Waals surface area contributed by atoms with Gasteiger partial charge < -0.3 is 10.1 Å². The van der Waals surface area contributed by atoms with Crippen LogP contribution in [-0.2, 0) is 9.53 Å². The summed E-state index contributed by atoms with van der Waals surface area (Å²) < 4.78 is 5.40. The van der Waals surface area contributed by atoms with Crippen molar-refractivity contribution in [2.45, 2.75) is 31.2 Å². The molecule has 0 saturated heterocycles. The molecule has 0 bridgehead atoms. The molecule has 1 amide bonds. The van der Waals surface area contributed by atoms with E-state index in [0.29, 0.717) is 17.4 Å². The molecule has 1 fully saturated rings. The summed E-state index contributed by atoms with van der Waals surface area (Å²) in [5.41, 5.74) is -0.611. The number of esters is 1. The highest BCUT2D eigenvalue weighted by Crippen LogP contribution is 2.31. The maximum absolute atomic E-state index is 12.2. The molecule has 0 atom stereocenters. The fraction of sp³-hybridized carbons (Fsp3) is 0.462. The Kier molecular flexibility index (Phi) is 4.19. The minimum absolute atomic E-state index is 0.282. The lowest BCUT2D eigenvalue weighted by Crippen LogP contribution is -2.53. The maximum atomic E-state index is 12.2. The Morgan fingerprint density at radius 1 is 1.37 bits per heavy atom. The SMILES string of the molecule is COC(=O)C1(NC(=O)c2cccc(Br)n2)CCCC1. The first-order chi connectivity index (χ1) is 9.07. The lowest BCUT2D eigenvalue weighted by molar-refractivity contribution is -0.148. The zero-order chi connectivity index (χ0) is 13.9. The summed E-state index contributed by atoms with van der Waals surface area (Å²) in [5, 5.41) is 2.79. The van der Waals surface area contributed by atoms with E-state index in [1.807, 2.05) is 0 Å². The van der Waals surface area contributed by atoms with Crippen molar-refractivity contribution in [3.05, 3.63) is 28.5 Å². The van der Waals surface area contributed by atoms with Crippen LogP contribution in [-0.4, -0.2) is 29.5 Å². The number of methoxy groups -OCH3 is 1. The van der Waals surface area contributed by atoms with Crippen molar-refractivity contribution in [3.63, 3.8) is 0 Å². The predicted molar refractivity (Wildman–Crippen MR) is 72.6 cm³/mol. The highest BCUT2D eigenvalue weighted by molar-refractivity contribution is 9.10. The van der Waals surface area contributed by atoms with Crippen LogP contribution in [0.5, 0.6) is 0 Å². The molecule has 0 spiro atoms. The van der Waals surface area contributed by atoms with Crippen molar-refractivity contribution < 1.29 is 14.3 Å². The molecule has 0 aliphatic heterocycles. The Balaban J connectivity index is 2.18. The summed E-state index contributed by atoms with van der Waals surface area (Å²) in [4.78, 5) is 28.2. The molecule has 1 aliphatic carbocycles. The standard InChI is InChI=1S/C13H15BrN2O3/c1-19-12(18)13(7-2-3-8-13)16-11(17)9-5-4-6-10(14)15-9/h4-6H,2-3,7-8H2,1H3,(H,16,17). The molecule has 1 heterocycles. The number of nitrogens with one attached hydrogen (secondary N) is 1. The third kappa shape index (κ3) is 2.94. The van der Waals surface area contributed by atoms with Gasteiger partial charge in [-0.1, -0.05) is 18.9 Å². The smallest absolute Gasteiger partial charge is 0.331 e. The average Bonchev–Trinajstić information content (AvgIpc) is 2.87. The Morgan fingerprint density at radius 3 is 2.63 bits per heavy atom. The lowest BCUT2D eigenvalue weighted by Gasteiger charge is -2.26. The van der Waals surface area contributed by atoms with Crippen LogP contribution in [0.3, 0.4) is 0 Å². The third-order valence-electron chi connectivity index (χ3n) is 3.33. The van der Waals surface area contributed by atoms with E-state index in [1.165, 1.54) is 7.11 Å². The largest absolute Gasteiger partial charge is 0.467 e. The number of carbonyl (C=O) groups excluding carboxylic acids is 2. The fourth-order valence-corrected chi connectivity index (χ4v) is 2.71. The lowest BCUT2D eigenvalue weighted by atomic mass is 9.97. The van der Waals surface area contributed by atoms with Crippen LogP contribution in [0.2, 0.25) is 0 Å². The van der Waals surface area contributed by atoms with E-state index in [9.17, 15) is 9.59 Å². The summed E-state index contributed by atoms with van der Waals surface area (Å²) in [7, 11) is 1.34. The van der Waals surface area contributed by atoms with Crippen LogP contribution in [0, 0.1) is 0 Å². The van der Waals surface area contributed by atoms with Gasteiger partial charge in [-0.15, -0.1) is 0 Å². The summed E-state index contributed by atoms with van der Waals surface area (Å²) in [5.74, 6) is -0.734. The number of aromatic nitrogens is 1. The zero-order valence-electron chi connectivity index (χ0n) is 10.6. The Labute approximate surface area is 119 Å². The van der Waals surface area contributed by atoms with Crippen molar-refractivity contribution >= 4 is 27.8 Å². The minimum atomic E-state index is -0.893. The highest BCUT2D eigenvalue weighted by atomic mass is 79.9. The first-order valence-corrected chi connectivity index (χ1v) is 6.90. The number of nitrogens with zero attached hydrogens (tertiary/aromatic N) is 1. The number of amides is 1. The molecule has 19 heavy (non-hydrogen) atoms. The van der Waals surface area contributed by atoms with Gasteiger partial charge in [0.1, 0.15) is 15.8 Å². The second-order valence-electron chi connectivity index (χ2n) is 4.58. The first-order valence-electron chi connectivity index (χ1n) is 6.11. The van der Waals surface area contributed by atoms with E-state index < -0.39 is 5.54 Å². The Bertz CT molecular complexity index is 498. The molecule has 0 aromatic carbocycles. The van der Waals surface area contributed by atoms with Crippen LogP contribution >= 0.6 is 15.9 Å². The molecule has 2 rings (SSSR count). The maximum Gasteiger partial charge on any atom is 0.331 e. The van der Waals surface area contributed by atoms with Gasteiger partial charge in [-0.2, -0.15) is 0 Å². The van der Waals surface area contributed by atoms with Gasteiger partial charge in [-0.05, 0) is 40.9 Å². The number of hydrogen-bond acceptors (Lipinski definition) is 4. The number of ether oxygens (including phenoxy) is 1. The molecule has 6 heteroatoms. The number of carbonyl (C=O) groups is 2. The van der Waals surface area contributed by atoms with E-state index in [2.05, 4.69) is 26.2 Å². The second kappa shape index (κ2) is 5.69. The monoisotopic (exact) mass is 326 g/mol. The molecule has 1 aromatic heterocycles. The quantitative estimate of drug-likeness (QED) is 0.682. The van der Waals surface area contributed by atoms with Crippen LogP contribution < -0.4 is 5.32 Å². The molecule has 1 aromatic rings. The van der Waals surface area contributed by atoms with Gasteiger partial charge in [-0.3, -0.25) is 4.79 Å². The normalized spacial score (nSPS) is 16.9. The van der Waals surface area contributed by atoms with Gasteiger partial charge in [0, 0.05) is 0 Å². The van der Waals surface area contributed by atoms with Gasteiger partial charge in [0.25, 0.3) is 5.91 Å². The van der Waals surface area contributed by atoms with E-state index in [0.717, 1.165) is 12.8 Å². The van der Waals surface area contributed by atoms with E-state index >= 15 is 0 Å². The van der Waals surface area contributed by atoms with E-state index in [-0.39, 0.29) is 17.6 Å². The van der Waals surface area contributed by atoms with Gasteiger partial charge in [0.05, 0.1) is 7.11 Å². The number of rotatable bonds is 3. The van der Waals surface area contributed by atoms with Crippen molar-refractivity contribution in [2.75, 3.05) is 7.11 Å². The Hall–Kier alpha value is -1.43. The number of pyridine rings is 1. The zero-order valence-corrected chi connectivity index (χ0v) is 12.2. The van der Waals surface area contributed by atoms with Crippen molar-refractivity contribution in [1.82, 2.24) is 10.3 Å². The topological polar surface area (TPSA) is 68.3 Å². The van der Waals surface area contributed by atoms with Crippen molar-refractivity contribution in [2.24, 2.45) is 0 Å². The first kappa shape index (κ1) is 14.0. The van der Waals surface area contributed by atoms with Crippen LogP contribution in [0.15, 0.2) is 22.8 Å². The minimum Gasteiger partial charge on any atom is -0.467 e. The molecule has 5 nitrogen and oxygen atoms in total. The van der Waals surface area contributed by atoms with Crippen molar-refractivity contribution in [1.29, 1.82) is 0 Å². The summed E-state index contributed by atoms with van der Waals surface area (Å²) in [6.45, 7) is 0. The molecular weight excluding hydrogens is 312 g/mol.